The van der Waals surface area contributed by atoms with Crippen LogP contribution in [0.3, 0.4) is 0 Å². The minimum atomic E-state index is 0.475. The van der Waals surface area contributed by atoms with Gasteiger partial charge in [0.05, 0.1) is 52.9 Å². The summed E-state index contributed by atoms with van der Waals surface area (Å²) in [5.74, 6) is 0. The topological polar surface area (TPSA) is 63.6 Å². The number of rotatable bonds is 0. The number of ether oxygens (including phenoxy) is 4. The largest absolute Gasteiger partial charge is 0.378 e. The highest BCUT2D eigenvalue weighted by molar-refractivity contribution is 4.50. The van der Waals surface area contributed by atoms with E-state index in [0.29, 0.717) is 65.9 Å². The second-order valence-electron chi connectivity index (χ2n) is 4.71. The monoisotopic (exact) mass is 292 g/mol. The molecule has 120 valence electrons. The smallest absolute Gasteiger partial charge is 0.0701 e. The van der Waals surface area contributed by atoms with Crippen LogP contribution < -0.4 is 0 Å². The molecule has 1 rings (SSSR count). The predicted molar refractivity (Wildman–Crippen MR) is 74.1 cm³/mol. The van der Waals surface area contributed by atoms with Crippen molar-refractivity contribution in [1.29, 1.82) is 0 Å². The lowest BCUT2D eigenvalue weighted by Gasteiger charge is -2.18. The first-order valence-corrected chi connectivity index (χ1v) is 7.22. The molecular formula is C13H28N2O5. The van der Waals surface area contributed by atoms with E-state index in [0.717, 1.165) is 13.1 Å². The van der Waals surface area contributed by atoms with Gasteiger partial charge in [0.2, 0.25) is 0 Å². The molecule has 7 nitrogen and oxygen atoms in total. The van der Waals surface area contributed by atoms with E-state index in [2.05, 4.69) is 4.90 Å². The highest BCUT2D eigenvalue weighted by Gasteiger charge is 2.02. The van der Waals surface area contributed by atoms with Gasteiger partial charge in [0.25, 0.3) is 0 Å². The fraction of sp³-hybridized carbons (Fsp3) is 1.00. The van der Waals surface area contributed by atoms with E-state index in [-0.39, 0.29) is 0 Å². The standard InChI is InChI=1S/C13H28N2O5/c1-14-2-6-17-10-12-19-8-4-15(16)5-9-20-13-11-18-7-3-14/h16H,2-13H2,1H3. The minimum Gasteiger partial charge on any atom is -0.378 e. The lowest BCUT2D eigenvalue weighted by Crippen LogP contribution is -2.30. The lowest BCUT2D eigenvalue weighted by atomic mass is 10.5. The molecule has 0 amide bonds. The minimum absolute atomic E-state index is 0.475. The normalized spacial score (nSPS) is 24.9. The first-order chi connectivity index (χ1) is 9.79. The average Bonchev–Trinajstić information content (AvgIpc) is 2.43. The van der Waals surface area contributed by atoms with E-state index in [1.54, 1.807) is 0 Å². The Labute approximate surface area is 121 Å². The number of hydroxylamine groups is 2. The van der Waals surface area contributed by atoms with Gasteiger partial charge < -0.3 is 29.1 Å². The van der Waals surface area contributed by atoms with Crippen molar-refractivity contribution in [2.24, 2.45) is 0 Å². The molecule has 1 fully saturated rings. The molecule has 0 aromatic carbocycles. The van der Waals surface area contributed by atoms with Crippen LogP contribution in [0.5, 0.6) is 0 Å². The van der Waals surface area contributed by atoms with Crippen molar-refractivity contribution in [3.05, 3.63) is 0 Å². The van der Waals surface area contributed by atoms with Gasteiger partial charge in [0.1, 0.15) is 0 Å². The van der Waals surface area contributed by atoms with E-state index in [1.807, 2.05) is 7.05 Å². The molecule has 0 bridgehead atoms. The average molecular weight is 292 g/mol. The maximum Gasteiger partial charge on any atom is 0.0701 e. The van der Waals surface area contributed by atoms with Gasteiger partial charge in [0, 0.05) is 26.2 Å². The molecule has 1 heterocycles. The third kappa shape index (κ3) is 10.5. The van der Waals surface area contributed by atoms with E-state index in [4.69, 9.17) is 18.9 Å². The Kier molecular flexibility index (Phi) is 11.1. The van der Waals surface area contributed by atoms with Crippen molar-refractivity contribution < 1.29 is 24.2 Å². The van der Waals surface area contributed by atoms with Gasteiger partial charge in [-0.05, 0) is 7.05 Å². The highest BCUT2D eigenvalue weighted by Crippen LogP contribution is 1.89. The molecule has 7 heteroatoms. The Morgan fingerprint density at radius 3 is 1.35 bits per heavy atom. The molecule has 0 spiro atoms. The summed E-state index contributed by atoms with van der Waals surface area (Å²) in [6.07, 6.45) is 0. The summed E-state index contributed by atoms with van der Waals surface area (Å²) in [7, 11) is 2.05. The van der Waals surface area contributed by atoms with Gasteiger partial charge in [-0.15, -0.1) is 0 Å². The Morgan fingerprint density at radius 2 is 0.950 bits per heavy atom. The van der Waals surface area contributed by atoms with Crippen LogP contribution in [-0.2, 0) is 18.9 Å². The van der Waals surface area contributed by atoms with Gasteiger partial charge >= 0.3 is 0 Å². The van der Waals surface area contributed by atoms with Gasteiger partial charge in [-0.1, -0.05) is 0 Å². The third-order valence-corrected chi connectivity index (χ3v) is 2.97. The van der Waals surface area contributed by atoms with Gasteiger partial charge in [-0.25, -0.2) is 0 Å². The van der Waals surface area contributed by atoms with Crippen molar-refractivity contribution in [3.8, 4) is 0 Å². The maximum absolute atomic E-state index is 9.54. The quantitative estimate of drug-likeness (QED) is 0.657. The van der Waals surface area contributed by atoms with Crippen molar-refractivity contribution in [2.45, 2.75) is 0 Å². The van der Waals surface area contributed by atoms with Crippen LogP contribution in [0.1, 0.15) is 0 Å². The molecule has 0 radical (unpaired) electrons. The molecule has 0 aliphatic carbocycles. The van der Waals surface area contributed by atoms with Crippen LogP contribution >= 0.6 is 0 Å². The van der Waals surface area contributed by atoms with E-state index in [9.17, 15) is 5.21 Å². The Balaban J connectivity index is 2.16. The fourth-order valence-electron chi connectivity index (χ4n) is 1.65. The van der Waals surface area contributed by atoms with Crippen molar-refractivity contribution >= 4 is 0 Å². The summed E-state index contributed by atoms with van der Waals surface area (Å²) in [6, 6.07) is 0. The zero-order valence-electron chi connectivity index (χ0n) is 12.5. The summed E-state index contributed by atoms with van der Waals surface area (Å²) in [5.41, 5.74) is 0. The molecule has 0 aromatic rings. The summed E-state index contributed by atoms with van der Waals surface area (Å²) < 4.78 is 21.7. The SMILES string of the molecule is CN1CCOCCOCCN(O)CCOCCOCC1. The van der Waals surface area contributed by atoms with E-state index in [1.165, 1.54) is 5.06 Å². The Hall–Kier alpha value is -0.280. The number of hydrogen-bond donors (Lipinski definition) is 1. The second-order valence-corrected chi connectivity index (χ2v) is 4.71. The van der Waals surface area contributed by atoms with Crippen LogP contribution in [-0.4, -0.2) is 101 Å². The van der Waals surface area contributed by atoms with Gasteiger partial charge in [-0.3, -0.25) is 0 Å². The van der Waals surface area contributed by atoms with Crippen LogP contribution in [0.15, 0.2) is 0 Å². The highest BCUT2D eigenvalue weighted by atomic mass is 16.5. The molecule has 20 heavy (non-hydrogen) atoms. The predicted octanol–water partition coefficient (Wildman–Crippen LogP) is -0.311. The van der Waals surface area contributed by atoms with Gasteiger partial charge in [-0.2, -0.15) is 5.06 Å². The maximum atomic E-state index is 9.54. The second kappa shape index (κ2) is 12.5. The van der Waals surface area contributed by atoms with Gasteiger partial charge in [0.15, 0.2) is 0 Å². The summed E-state index contributed by atoms with van der Waals surface area (Å²) in [5, 5.41) is 10.7. The molecule has 1 N–H and O–H groups in total. The fourth-order valence-corrected chi connectivity index (χ4v) is 1.65. The summed E-state index contributed by atoms with van der Waals surface area (Å²) in [4.78, 5) is 2.18. The summed E-state index contributed by atoms with van der Waals surface area (Å²) >= 11 is 0. The first-order valence-electron chi connectivity index (χ1n) is 7.22. The Morgan fingerprint density at radius 1 is 0.600 bits per heavy atom. The molecule has 0 atom stereocenters. The van der Waals surface area contributed by atoms with Crippen molar-refractivity contribution in [1.82, 2.24) is 9.96 Å². The molecule has 0 aromatic heterocycles. The number of hydrogen-bond acceptors (Lipinski definition) is 7. The van der Waals surface area contributed by atoms with Crippen LogP contribution in [0.2, 0.25) is 0 Å². The zero-order valence-corrected chi connectivity index (χ0v) is 12.5. The molecule has 1 saturated heterocycles. The molecular weight excluding hydrogens is 264 g/mol. The van der Waals surface area contributed by atoms with Crippen molar-refractivity contribution in [2.75, 3.05) is 86.1 Å². The van der Waals surface area contributed by atoms with E-state index >= 15 is 0 Å². The van der Waals surface area contributed by atoms with Crippen LogP contribution in [0, 0.1) is 0 Å². The molecule has 0 saturated carbocycles. The molecule has 1 aliphatic rings. The van der Waals surface area contributed by atoms with Crippen LogP contribution in [0.4, 0.5) is 0 Å². The van der Waals surface area contributed by atoms with E-state index < -0.39 is 0 Å². The van der Waals surface area contributed by atoms with Crippen LogP contribution in [0.25, 0.3) is 0 Å². The molecule has 1 aliphatic heterocycles. The third-order valence-electron chi connectivity index (χ3n) is 2.97. The molecule has 0 unspecified atom stereocenters. The first kappa shape index (κ1) is 17.8. The zero-order chi connectivity index (χ0) is 14.5. The lowest BCUT2D eigenvalue weighted by molar-refractivity contribution is -0.118. The Bertz CT molecular complexity index is 179. The van der Waals surface area contributed by atoms with Crippen molar-refractivity contribution in [3.63, 3.8) is 0 Å². The number of nitrogens with zero attached hydrogens (tertiary/aromatic N) is 2. The summed E-state index contributed by atoms with van der Waals surface area (Å²) in [6.45, 7) is 7.34. The number of likely N-dealkylation sites (N-methyl/N-ethyl adjacent to an activating group) is 1.